The number of furan rings is 1. The first-order valence-electron chi connectivity index (χ1n) is 6.63. The zero-order valence-corrected chi connectivity index (χ0v) is 11.4. The fourth-order valence-corrected chi connectivity index (χ4v) is 2.55. The molecule has 0 saturated carbocycles. The molecule has 0 amide bonds. The minimum Gasteiger partial charge on any atom is -0.496 e. The van der Waals surface area contributed by atoms with Crippen LogP contribution in [0.4, 0.5) is 0 Å². The Morgan fingerprint density at radius 3 is 2.79 bits per heavy atom. The standard InChI is InChI=1S/C15H19NO3/c1-11-7-15-13(8-14(11)17-2)12(10-19-15)9-16-3-5-18-6-4-16/h7-8,10H,3-6,9H2,1-2H3. The van der Waals surface area contributed by atoms with E-state index in [1.54, 1.807) is 7.11 Å². The molecule has 0 radical (unpaired) electrons. The molecule has 3 rings (SSSR count). The van der Waals surface area contributed by atoms with Crippen LogP contribution in [0.2, 0.25) is 0 Å². The van der Waals surface area contributed by atoms with Crippen molar-refractivity contribution in [2.75, 3.05) is 33.4 Å². The van der Waals surface area contributed by atoms with Crippen LogP contribution >= 0.6 is 0 Å². The molecule has 102 valence electrons. The van der Waals surface area contributed by atoms with E-state index in [0.29, 0.717) is 0 Å². The van der Waals surface area contributed by atoms with Gasteiger partial charge >= 0.3 is 0 Å². The van der Waals surface area contributed by atoms with Crippen LogP contribution < -0.4 is 4.74 Å². The van der Waals surface area contributed by atoms with Crippen LogP contribution in [0, 0.1) is 6.92 Å². The molecule has 1 aromatic heterocycles. The molecule has 0 spiro atoms. The number of nitrogens with zero attached hydrogens (tertiary/aromatic N) is 1. The highest BCUT2D eigenvalue weighted by Crippen LogP contribution is 2.29. The highest BCUT2D eigenvalue weighted by Gasteiger charge is 2.15. The van der Waals surface area contributed by atoms with Crippen molar-refractivity contribution < 1.29 is 13.9 Å². The molecular weight excluding hydrogens is 242 g/mol. The number of benzene rings is 1. The molecule has 1 saturated heterocycles. The lowest BCUT2D eigenvalue weighted by atomic mass is 10.1. The van der Waals surface area contributed by atoms with E-state index in [9.17, 15) is 0 Å². The van der Waals surface area contributed by atoms with Crippen LogP contribution in [0.3, 0.4) is 0 Å². The summed E-state index contributed by atoms with van der Waals surface area (Å²) in [6, 6.07) is 4.11. The average Bonchev–Trinajstić information content (AvgIpc) is 2.81. The third-order valence-electron chi connectivity index (χ3n) is 3.67. The van der Waals surface area contributed by atoms with Crippen molar-refractivity contribution >= 4 is 11.0 Å². The molecule has 1 aliphatic rings. The average molecular weight is 261 g/mol. The fourth-order valence-electron chi connectivity index (χ4n) is 2.55. The smallest absolute Gasteiger partial charge is 0.134 e. The van der Waals surface area contributed by atoms with E-state index in [1.165, 1.54) is 5.56 Å². The number of fused-ring (bicyclic) bond motifs is 1. The van der Waals surface area contributed by atoms with Gasteiger partial charge in [0.15, 0.2) is 0 Å². The van der Waals surface area contributed by atoms with Crippen LogP contribution in [0.1, 0.15) is 11.1 Å². The van der Waals surface area contributed by atoms with Crippen LogP contribution in [0.15, 0.2) is 22.8 Å². The first-order chi connectivity index (χ1) is 9.28. The summed E-state index contributed by atoms with van der Waals surface area (Å²) in [6.07, 6.45) is 1.86. The van der Waals surface area contributed by atoms with Crippen molar-refractivity contribution in [3.63, 3.8) is 0 Å². The van der Waals surface area contributed by atoms with Crippen molar-refractivity contribution in [1.29, 1.82) is 0 Å². The van der Waals surface area contributed by atoms with Gasteiger partial charge in [0.25, 0.3) is 0 Å². The van der Waals surface area contributed by atoms with Gasteiger partial charge in [-0.2, -0.15) is 0 Å². The summed E-state index contributed by atoms with van der Waals surface area (Å²) in [5.74, 6) is 0.914. The van der Waals surface area contributed by atoms with E-state index in [1.807, 2.05) is 19.3 Å². The molecule has 19 heavy (non-hydrogen) atoms. The van der Waals surface area contributed by atoms with Gasteiger partial charge in [-0.3, -0.25) is 4.90 Å². The van der Waals surface area contributed by atoms with Crippen LogP contribution in [0.25, 0.3) is 11.0 Å². The lowest BCUT2D eigenvalue weighted by Crippen LogP contribution is -2.35. The van der Waals surface area contributed by atoms with E-state index >= 15 is 0 Å². The minimum absolute atomic E-state index is 0.818. The van der Waals surface area contributed by atoms with Gasteiger partial charge in [0.1, 0.15) is 11.3 Å². The third-order valence-corrected chi connectivity index (χ3v) is 3.67. The number of methoxy groups -OCH3 is 1. The Bertz CT molecular complexity index is 570. The second kappa shape index (κ2) is 5.23. The van der Waals surface area contributed by atoms with Gasteiger partial charge in [0.05, 0.1) is 26.6 Å². The molecule has 4 nitrogen and oxygen atoms in total. The van der Waals surface area contributed by atoms with E-state index in [0.717, 1.165) is 55.1 Å². The topological polar surface area (TPSA) is 34.8 Å². The SMILES string of the molecule is COc1cc2c(CN3CCOCC3)coc2cc1C. The van der Waals surface area contributed by atoms with Gasteiger partial charge in [-0.25, -0.2) is 0 Å². The minimum atomic E-state index is 0.818. The Morgan fingerprint density at radius 1 is 1.26 bits per heavy atom. The summed E-state index contributed by atoms with van der Waals surface area (Å²) >= 11 is 0. The molecule has 0 atom stereocenters. The summed E-state index contributed by atoms with van der Waals surface area (Å²) in [7, 11) is 1.70. The van der Waals surface area contributed by atoms with Gasteiger partial charge in [0.2, 0.25) is 0 Å². The van der Waals surface area contributed by atoms with Crippen molar-refractivity contribution in [3.8, 4) is 5.75 Å². The molecular formula is C15H19NO3. The maximum absolute atomic E-state index is 5.66. The Morgan fingerprint density at radius 2 is 2.05 bits per heavy atom. The molecule has 2 heterocycles. The monoisotopic (exact) mass is 261 g/mol. The summed E-state index contributed by atoms with van der Waals surface area (Å²) < 4.78 is 16.4. The summed E-state index contributed by atoms with van der Waals surface area (Å²) in [5, 5.41) is 1.15. The summed E-state index contributed by atoms with van der Waals surface area (Å²) in [5.41, 5.74) is 3.25. The Balaban J connectivity index is 1.90. The molecule has 0 N–H and O–H groups in total. The molecule has 0 aliphatic carbocycles. The van der Waals surface area contributed by atoms with Crippen molar-refractivity contribution in [1.82, 2.24) is 4.90 Å². The van der Waals surface area contributed by atoms with Crippen molar-refractivity contribution in [2.24, 2.45) is 0 Å². The zero-order chi connectivity index (χ0) is 13.2. The van der Waals surface area contributed by atoms with Crippen LogP contribution in [-0.2, 0) is 11.3 Å². The maximum atomic E-state index is 5.66. The lowest BCUT2D eigenvalue weighted by molar-refractivity contribution is 0.0342. The number of morpholine rings is 1. The normalized spacial score (nSPS) is 16.9. The summed E-state index contributed by atoms with van der Waals surface area (Å²) in [4.78, 5) is 2.39. The highest BCUT2D eigenvalue weighted by molar-refractivity contribution is 5.83. The predicted molar refractivity (Wildman–Crippen MR) is 73.6 cm³/mol. The van der Waals surface area contributed by atoms with Gasteiger partial charge < -0.3 is 13.9 Å². The molecule has 0 bridgehead atoms. The van der Waals surface area contributed by atoms with E-state index in [-0.39, 0.29) is 0 Å². The molecule has 1 fully saturated rings. The van der Waals surface area contributed by atoms with Gasteiger partial charge in [-0.05, 0) is 24.6 Å². The van der Waals surface area contributed by atoms with E-state index in [4.69, 9.17) is 13.9 Å². The third kappa shape index (κ3) is 2.46. The number of ether oxygens (including phenoxy) is 2. The first kappa shape index (κ1) is 12.5. The highest BCUT2D eigenvalue weighted by atomic mass is 16.5. The van der Waals surface area contributed by atoms with Crippen molar-refractivity contribution in [2.45, 2.75) is 13.5 Å². The van der Waals surface area contributed by atoms with Crippen molar-refractivity contribution in [3.05, 3.63) is 29.5 Å². The maximum Gasteiger partial charge on any atom is 0.134 e. The van der Waals surface area contributed by atoms with Crippen LogP contribution in [-0.4, -0.2) is 38.3 Å². The largest absolute Gasteiger partial charge is 0.496 e. The number of aryl methyl sites for hydroxylation is 1. The van der Waals surface area contributed by atoms with Gasteiger partial charge in [-0.15, -0.1) is 0 Å². The second-order valence-corrected chi connectivity index (χ2v) is 4.97. The van der Waals surface area contributed by atoms with Gasteiger partial charge in [-0.1, -0.05) is 0 Å². The number of hydrogen-bond donors (Lipinski definition) is 0. The molecule has 1 aromatic carbocycles. The molecule has 0 unspecified atom stereocenters. The zero-order valence-electron chi connectivity index (χ0n) is 11.4. The first-order valence-corrected chi connectivity index (χ1v) is 6.63. The van der Waals surface area contributed by atoms with E-state index < -0.39 is 0 Å². The number of hydrogen-bond acceptors (Lipinski definition) is 4. The fraction of sp³-hybridized carbons (Fsp3) is 0.467. The van der Waals surface area contributed by atoms with Gasteiger partial charge in [0, 0.05) is 30.6 Å². The van der Waals surface area contributed by atoms with Crippen LogP contribution in [0.5, 0.6) is 5.75 Å². The molecule has 1 aliphatic heterocycles. The Hall–Kier alpha value is -1.52. The predicted octanol–water partition coefficient (Wildman–Crippen LogP) is 2.58. The lowest BCUT2D eigenvalue weighted by Gasteiger charge is -2.26. The quantitative estimate of drug-likeness (QED) is 0.850. The Labute approximate surface area is 112 Å². The van der Waals surface area contributed by atoms with E-state index in [2.05, 4.69) is 11.0 Å². The summed E-state index contributed by atoms with van der Waals surface area (Å²) in [6.45, 7) is 6.53. The Kier molecular flexibility index (Phi) is 3.44. The second-order valence-electron chi connectivity index (χ2n) is 4.97. The molecule has 2 aromatic rings. The molecule has 4 heteroatoms. The number of rotatable bonds is 3.